The SMILES string of the molecule is COc1ccc(C=NNC(=O)C(C)c2ccc(CC(C)C)cc2)cc1OC. The number of benzene rings is 2. The summed E-state index contributed by atoms with van der Waals surface area (Å²) < 4.78 is 10.5. The number of hydrazone groups is 1. The average molecular weight is 368 g/mol. The van der Waals surface area contributed by atoms with Crippen LogP contribution in [0.1, 0.15) is 43.4 Å². The van der Waals surface area contributed by atoms with E-state index in [9.17, 15) is 4.79 Å². The lowest BCUT2D eigenvalue weighted by molar-refractivity contribution is -0.122. The van der Waals surface area contributed by atoms with Gasteiger partial charge >= 0.3 is 0 Å². The van der Waals surface area contributed by atoms with Gasteiger partial charge in [0.05, 0.1) is 26.4 Å². The van der Waals surface area contributed by atoms with Gasteiger partial charge in [0.15, 0.2) is 11.5 Å². The van der Waals surface area contributed by atoms with E-state index in [1.807, 2.05) is 25.1 Å². The van der Waals surface area contributed by atoms with Gasteiger partial charge in [0.25, 0.3) is 0 Å². The lowest BCUT2D eigenvalue weighted by atomic mass is 9.96. The molecular formula is C22H28N2O3. The van der Waals surface area contributed by atoms with Gasteiger partial charge in [-0.2, -0.15) is 5.10 Å². The van der Waals surface area contributed by atoms with E-state index < -0.39 is 0 Å². The fourth-order valence-corrected chi connectivity index (χ4v) is 2.77. The molecule has 2 aromatic carbocycles. The molecular weight excluding hydrogens is 340 g/mol. The number of amides is 1. The highest BCUT2D eigenvalue weighted by Gasteiger charge is 2.14. The normalized spacial score (nSPS) is 12.2. The van der Waals surface area contributed by atoms with Crippen LogP contribution in [-0.2, 0) is 11.2 Å². The number of carbonyl (C=O) groups excluding carboxylic acids is 1. The van der Waals surface area contributed by atoms with Gasteiger partial charge < -0.3 is 9.47 Å². The fourth-order valence-electron chi connectivity index (χ4n) is 2.77. The molecule has 0 aliphatic carbocycles. The number of methoxy groups -OCH3 is 2. The molecule has 0 radical (unpaired) electrons. The van der Waals surface area contributed by atoms with Crippen LogP contribution in [0.5, 0.6) is 11.5 Å². The van der Waals surface area contributed by atoms with E-state index >= 15 is 0 Å². The highest BCUT2D eigenvalue weighted by atomic mass is 16.5. The van der Waals surface area contributed by atoms with Crippen molar-refractivity contribution in [3.05, 3.63) is 59.2 Å². The number of ether oxygens (including phenoxy) is 2. The van der Waals surface area contributed by atoms with E-state index in [1.165, 1.54) is 5.56 Å². The van der Waals surface area contributed by atoms with Crippen LogP contribution in [0.3, 0.4) is 0 Å². The highest BCUT2D eigenvalue weighted by molar-refractivity contribution is 5.86. The second kappa shape index (κ2) is 9.76. The molecule has 1 amide bonds. The lowest BCUT2D eigenvalue weighted by Gasteiger charge is -2.12. The summed E-state index contributed by atoms with van der Waals surface area (Å²) in [4.78, 5) is 12.4. The molecule has 0 saturated carbocycles. The van der Waals surface area contributed by atoms with Gasteiger partial charge in [-0.1, -0.05) is 38.1 Å². The van der Waals surface area contributed by atoms with Gasteiger partial charge in [-0.3, -0.25) is 4.79 Å². The second-order valence-corrected chi connectivity index (χ2v) is 6.91. The Morgan fingerprint density at radius 3 is 2.30 bits per heavy atom. The molecule has 1 atom stereocenters. The van der Waals surface area contributed by atoms with Crippen molar-refractivity contribution in [2.75, 3.05) is 14.2 Å². The van der Waals surface area contributed by atoms with Crippen LogP contribution >= 0.6 is 0 Å². The third-order valence-electron chi connectivity index (χ3n) is 4.31. The third-order valence-corrected chi connectivity index (χ3v) is 4.31. The lowest BCUT2D eigenvalue weighted by Crippen LogP contribution is -2.23. The number of hydrogen-bond donors (Lipinski definition) is 1. The topological polar surface area (TPSA) is 59.9 Å². The van der Waals surface area contributed by atoms with Gasteiger partial charge in [0, 0.05) is 0 Å². The first-order valence-corrected chi connectivity index (χ1v) is 9.08. The molecule has 2 rings (SSSR count). The standard InChI is InChI=1S/C22H28N2O3/c1-15(2)12-17-6-9-19(10-7-17)16(3)22(25)24-23-14-18-8-11-20(26-4)21(13-18)27-5/h6-11,13-16H,12H2,1-5H3,(H,24,25). The van der Waals surface area contributed by atoms with Gasteiger partial charge in [-0.25, -0.2) is 5.43 Å². The number of carbonyl (C=O) groups is 1. The molecule has 0 bridgehead atoms. The van der Waals surface area contributed by atoms with E-state index in [4.69, 9.17) is 9.47 Å². The van der Waals surface area contributed by atoms with Crippen molar-refractivity contribution >= 4 is 12.1 Å². The Morgan fingerprint density at radius 1 is 1.04 bits per heavy atom. The van der Waals surface area contributed by atoms with Crippen molar-refractivity contribution in [2.45, 2.75) is 33.1 Å². The Kier molecular flexibility index (Phi) is 7.41. The molecule has 2 aromatic rings. The van der Waals surface area contributed by atoms with Crippen LogP contribution in [0.25, 0.3) is 0 Å². The molecule has 5 nitrogen and oxygen atoms in total. The number of nitrogens with one attached hydrogen (secondary N) is 1. The average Bonchev–Trinajstić information content (AvgIpc) is 2.67. The molecule has 0 heterocycles. The molecule has 5 heteroatoms. The maximum atomic E-state index is 12.4. The minimum atomic E-state index is -0.277. The van der Waals surface area contributed by atoms with Crippen LogP contribution in [0.15, 0.2) is 47.6 Å². The summed E-state index contributed by atoms with van der Waals surface area (Å²) in [5, 5.41) is 4.06. The summed E-state index contributed by atoms with van der Waals surface area (Å²) in [5.41, 5.74) is 5.66. The summed E-state index contributed by atoms with van der Waals surface area (Å²) in [6, 6.07) is 13.6. The van der Waals surface area contributed by atoms with Crippen molar-refractivity contribution in [1.82, 2.24) is 5.43 Å². The largest absolute Gasteiger partial charge is 0.493 e. The zero-order chi connectivity index (χ0) is 19.8. The monoisotopic (exact) mass is 368 g/mol. The Morgan fingerprint density at radius 2 is 1.70 bits per heavy atom. The zero-order valence-corrected chi connectivity index (χ0v) is 16.7. The molecule has 0 aromatic heterocycles. The zero-order valence-electron chi connectivity index (χ0n) is 16.7. The molecule has 0 saturated heterocycles. The van der Waals surface area contributed by atoms with Crippen molar-refractivity contribution < 1.29 is 14.3 Å². The Balaban J connectivity index is 1.97. The molecule has 0 aliphatic rings. The van der Waals surface area contributed by atoms with Crippen molar-refractivity contribution in [2.24, 2.45) is 11.0 Å². The maximum Gasteiger partial charge on any atom is 0.247 e. The first kappa shape index (κ1) is 20.5. The molecule has 0 fully saturated rings. The summed E-state index contributed by atoms with van der Waals surface area (Å²) in [7, 11) is 3.16. The Bertz CT molecular complexity index is 783. The smallest absolute Gasteiger partial charge is 0.247 e. The first-order chi connectivity index (χ1) is 12.9. The maximum absolute atomic E-state index is 12.4. The van der Waals surface area contributed by atoms with Crippen molar-refractivity contribution in [3.63, 3.8) is 0 Å². The summed E-state index contributed by atoms with van der Waals surface area (Å²) in [6.07, 6.45) is 2.62. The molecule has 0 spiro atoms. The number of rotatable bonds is 8. The van der Waals surface area contributed by atoms with Crippen molar-refractivity contribution in [3.8, 4) is 11.5 Å². The second-order valence-electron chi connectivity index (χ2n) is 6.91. The minimum absolute atomic E-state index is 0.150. The van der Waals surface area contributed by atoms with Gasteiger partial charge in [0.1, 0.15) is 0 Å². The van der Waals surface area contributed by atoms with Crippen LogP contribution in [0.4, 0.5) is 0 Å². The predicted molar refractivity (Wildman–Crippen MR) is 109 cm³/mol. The van der Waals surface area contributed by atoms with E-state index in [1.54, 1.807) is 32.6 Å². The molecule has 144 valence electrons. The first-order valence-electron chi connectivity index (χ1n) is 9.08. The van der Waals surface area contributed by atoms with Crippen LogP contribution in [0.2, 0.25) is 0 Å². The van der Waals surface area contributed by atoms with Crippen molar-refractivity contribution in [1.29, 1.82) is 0 Å². The van der Waals surface area contributed by atoms with Crippen LogP contribution in [0, 0.1) is 5.92 Å². The predicted octanol–water partition coefficient (Wildman–Crippen LogP) is 4.16. The molecule has 27 heavy (non-hydrogen) atoms. The van der Waals surface area contributed by atoms with Crippen LogP contribution in [-0.4, -0.2) is 26.3 Å². The Labute approximate surface area is 161 Å². The molecule has 0 aliphatic heterocycles. The van der Waals surface area contributed by atoms with Gasteiger partial charge in [-0.05, 0) is 54.2 Å². The number of hydrogen-bond acceptors (Lipinski definition) is 4. The molecule has 1 N–H and O–H groups in total. The van der Waals surface area contributed by atoms with Gasteiger partial charge in [-0.15, -0.1) is 0 Å². The molecule has 1 unspecified atom stereocenters. The van der Waals surface area contributed by atoms with E-state index in [-0.39, 0.29) is 11.8 Å². The summed E-state index contributed by atoms with van der Waals surface area (Å²) in [6.45, 7) is 6.26. The van der Waals surface area contributed by atoms with E-state index in [2.05, 4.69) is 36.5 Å². The third kappa shape index (κ3) is 5.84. The van der Waals surface area contributed by atoms with E-state index in [0.717, 1.165) is 17.5 Å². The fraction of sp³-hybridized carbons (Fsp3) is 0.364. The summed E-state index contributed by atoms with van der Waals surface area (Å²) >= 11 is 0. The quantitative estimate of drug-likeness (QED) is 0.562. The number of nitrogens with zero attached hydrogens (tertiary/aromatic N) is 1. The van der Waals surface area contributed by atoms with Crippen LogP contribution < -0.4 is 14.9 Å². The van der Waals surface area contributed by atoms with Gasteiger partial charge in [0.2, 0.25) is 5.91 Å². The minimum Gasteiger partial charge on any atom is -0.493 e. The summed E-state index contributed by atoms with van der Waals surface area (Å²) in [5.74, 6) is 1.45. The van der Waals surface area contributed by atoms with E-state index in [0.29, 0.717) is 17.4 Å². The Hall–Kier alpha value is -2.82. The highest BCUT2D eigenvalue weighted by Crippen LogP contribution is 2.26.